The minimum Gasteiger partial charge on any atom is -0.494 e. The lowest BCUT2D eigenvalue weighted by Gasteiger charge is -2.31. The van der Waals surface area contributed by atoms with Gasteiger partial charge in [0.2, 0.25) is 41.4 Å². The van der Waals surface area contributed by atoms with Crippen molar-refractivity contribution in [3.8, 4) is 11.6 Å². The largest absolute Gasteiger partial charge is 0.494 e. The van der Waals surface area contributed by atoms with Gasteiger partial charge >= 0.3 is 0 Å². The number of nitrogens with one attached hydrogen (secondary N) is 7. The number of H-pyrrole nitrogens is 1. The predicted molar refractivity (Wildman–Crippen MR) is 233 cm³/mol. The number of benzene rings is 1. The van der Waals surface area contributed by atoms with E-state index in [9.17, 15) is 48.9 Å². The van der Waals surface area contributed by atoms with Gasteiger partial charge in [-0.15, -0.1) is 0 Å². The first-order valence-corrected chi connectivity index (χ1v) is 21.9. The fourth-order valence-electron chi connectivity index (χ4n) is 7.68. The summed E-state index contributed by atoms with van der Waals surface area (Å²) in [7, 11) is 0. The zero-order chi connectivity index (χ0) is 48.0. The molecule has 23 heteroatoms. The van der Waals surface area contributed by atoms with Gasteiger partial charge in [-0.1, -0.05) is 34.1 Å². The molecule has 0 spiro atoms. The van der Waals surface area contributed by atoms with Gasteiger partial charge in [0.15, 0.2) is 5.88 Å². The van der Waals surface area contributed by atoms with Gasteiger partial charge in [0, 0.05) is 42.4 Å². The smallest absolute Gasteiger partial charge is 0.246 e. The molecular weight excluding hydrogens is 853 g/mol. The lowest BCUT2D eigenvalue weighted by Crippen LogP contribution is -2.59. The van der Waals surface area contributed by atoms with E-state index < -0.39 is 110 Å². The first-order chi connectivity index (χ1) is 30.9. The number of rotatable bonds is 15. The van der Waals surface area contributed by atoms with Crippen molar-refractivity contribution < 1.29 is 63.2 Å². The molecule has 362 valence electrons. The number of aliphatic hydroxyl groups is 3. The molecular formula is C42H66N10O13. The summed E-state index contributed by atoms with van der Waals surface area (Å²) < 4.78 is 12.0. The molecule has 1 aromatic carbocycles. The molecule has 1 aromatic heterocycles. The van der Waals surface area contributed by atoms with Gasteiger partial charge in [-0.3, -0.25) is 38.4 Å². The molecule has 0 saturated carbocycles. The normalized spacial score (nSPS) is 23.9. The van der Waals surface area contributed by atoms with Crippen LogP contribution in [0.25, 0.3) is 10.9 Å². The first kappa shape index (κ1) is 52.0. The molecule has 1 saturated heterocycles. The maximum absolute atomic E-state index is 14.2. The number of β-amino-alcohol motifs (C(OH)–C–C–N with tert-alkyl or cyclic N) is 1. The van der Waals surface area contributed by atoms with E-state index in [0.29, 0.717) is 43.1 Å². The Morgan fingerprint density at radius 2 is 1.82 bits per heavy atom. The second kappa shape index (κ2) is 24.6. The predicted octanol–water partition coefficient (Wildman–Crippen LogP) is -3.45. The molecule has 0 aliphatic carbocycles. The lowest BCUT2D eigenvalue weighted by molar-refractivity contribution is -0.144. The van der Waals surface area contributed by atoms with E-state index in [1.807, 2.05) is 45.9 Å². The van der Waals surface area contributed by atoms with E-state index in [-0.39, 0.29) is 43.9 Å². The Morgan fingerprint density at radius 3 is 2.48 bits per heavy atom. The Labute approximate surface area is 376 Å². The summed E-state index contributed by atoms with van der Waals surface area (Å²) in [5.41, 5.74) is 15.1. The van der Waals surface area contributed by atoms with Crippen molar-refractivity contribution in [1.82, 2.24) is 41.9 Å². The van der Waals surface area contributed by atoms with Crippen LogP contribution in [-0.4, -0.2) is 162 Å². The van der Waals surface area contributed by atoms with Gasteiger partial charge in [-0.2, -0.15) is 5.48 Å². The van der Waals surface area contributed by atoms with Crippen molar-refractivity contribution in [3.05, 3.63) is 23.8 Å². The number of hydrogen-bond donors (Lipinski definition) is 12. The molecule has 10 atom stereocenters. The molecule has 65 heavy (non-hydrogen) atoms. The molecule has 1 fully saturated rings. The number of carbonyl (C=O) groups excluding carboxylic acids is 7. The second-order valence-corrected chi connectivity index (χ2v) is 16.7. The van der Waals surface area contributed by atoms with Crippen LogP contribution in [0.1, 0.15) is 59.4 Å². The number of amides is 7. The summed E-state index contributed by atoms with van der Waals surface area (Å²) in [4.78, 5) is 103. The average molecular weight is 919 g/mol. The van der Waals surface area contributed by atoms with E-state index in [0.717, 1.165) is 15.8 Å². The SMILES string of the molecule is CCOc1ccc2c3c([nH]c2c1)OC[C@@H](C(=O)N[C@@H](CC(N)=O)C(=O)N1C[C@H](O)C[C@H]1C(=O)NC(C(N)=O)[C@@H](C)C(O)CO)NOCCNC(=O)[C@H](C(C)CC)NC(=O)CNCC(C)C3. The van der Waals surface area contributed by atoms with E-state index in [1.54, 1.807) is 0 Å². The van der Waals surface area contributed by atoms with E-state index in [2.05, 4.69) is 37.0 Å². The lowest BCUT2D eigenvalue weighted by atomic mass is 9.95. The van der Waals surface area contributed by atoms with E-state index in [4.69, 9.17) is 25.8 Å². The van der Waals surface area contributed by atoms with Crippen molar-refractivity contribution in [2.75, 3.05) is 52.6 Å². The summed E-state index contributed by atoms with van der Waals surface area (Å²) in [5, 5.41) is 44.6. The summed E-state index contributed by atoms with van der Waals surface area (Å²) in [5.74, 6) is -6.02. The number of likely N-dealkylation sites (tertiary alicyclic amines) is 1. The molecule has 4 rings (SSSR count). The second-order valence-electron chi connectivity index (χ2n) is 16.7. The van der Waals surface area contributed by atoms with Gasteiger partial charge in [-0.25, -0.2) is 0 Å². The monoisotopic (exact) mass is 918 g/mol. The van der Waals surface area contributed by atoms with Gasteiger partial charge in [-0.05, 0) is 43.9 Å². The van der Waals surface area contributed by atoms with Crippen molar-refractivity contribution in [3.63, 3.8) is 0 Å². The highest BCUT2D eigenvalue weighted by atomic mass is 16.6. The Morgan fingerprint density at radius 1 is 1.08 bits per heavy atom. The quantitative estimate of drug-likeness (QED) is 0.0827. The number of carbonyl (C=O) groups is 7. The number of fused-ring (bicyclic) bond motifs is 3. The fourth-order valence-corrected chi connectivity index (χ4v) is 7.68. The number of hydrogen-bond acceptors (Lipinski definition) is 15. The zero-order valence-electron chi connectivity index (χ0n) is 37.5. The molecule has 3 heterocycles. The Hall–Kier alpha value is -5.59. The molecule has 0 bridgehead atoms. The van der Waals surface area contributed by atoms with Crippen LogP contribution in [0.4, 0.5) is 0 Å². The maximum atomic E-state index is 14.2. The fraction of sp³-hybridized carbons (Fsp3) is 0.643. The molecule has 23 nitrogen and oxygen atoms in total. The molecule has 2 aromatic rings. The summed E-state index contributed by atoms with van der Waals surface area (Å²) in [6.45, 7) is 7.98. The molecule has 2 aliphatic rings. The molecule has 4 unspecified atom stereocenters. The van der Waals surface area contributed by atoms with Gasteiger partial charge in [0.1, 0.15) is 42.6 Å². The zero-order valence-corrected chi connectivity index (χ0v) is 37.5. The molecule has 14 N–H and O–H groups in total. The van der Waals surface area contributed by atoms with Crippen molar-refractivity contribution in [2.45, 2.75) is 103 Å². The standard InChI is InChI=1S/C42H66N10O13/c1-6-22(4)35-40(61)46-10-11-65-51-30(20-64-41-27(12-21(3)16-45-17-34(57)49-35)26-9-8-25(63-7-2)14-28(26)48-41)38(59)47-29(15-33(43)56)42(62)52-18-24(54)13-31(52)39(60)50-36(37(44)58)23(5)32(55)19-53/h8-9,14,21-24,29-32,35-36,45,48,51,53-55H,6-7,10-13,15-20H2,1-5H3,(H2,43,56)(H2,44,58)(H,46,61)(H,47,59)(H,49,57)(H,50,60)/t21?,22?,23-,24+,29-,30-,31-,32?,35-,36?/m0/s1. The van der Waals surface area contributed by atoms with Crippen LogP contribution in [0.2, 0.25) is 0 Å². The van der Waals surface area contributed by atoms with Crippen LogP contribution < -0.4 is 53.0 Å². The molecule has 0 radical (unpaired) electrons. The van der Waals surface area contributed by atoms with Crippen LogP contribution in [0, 0.1) is 17.8 Å². The van der Waals surface area contributed by atoms with E-state index >= 15 is 0 Å². The topological polar surface area (TPSA) is 351 Å². The number of aromatic nitrogens is 1. The Kier molecular flexibility index (Phi) is 19.7. The third-order valence-corrected chi connectivity index (χ3v) is 11.5. The number of aliphatic hydroxyl groups excluding tert-OH is 3. The van der Waals surface area contributed by atoms with Gasteiger partial charge in [0.25, 0.3) is 0 Å². The van der Waals surface area contributed by atoms with Crippen molar-refractivity contribution >= 4 is 52.3 Å². The highest BCUT2D eigenvalue weighted by Crippen LogP contribution is 2.33. The summed E-state index contributed by atoms with van der Waals surface area (Å²) in [6.07, 6.45) is -2.64. The number of aromatic amines is 1. The molecule has 2 aliphatic heterocycles. The average Bonchev–Trinajstić information content (AvgIpc) is 3.82. The number of nitrogens with two attached hydrogens (primary N) is 2. The summed E-state index contributed by atoms with van der Waals surface area (Å²) >= 11 is 0. The van der Waals surface area contributed by atoms with E-state index in [1.165, 1.54) is 6.92 Å². The Bertz CT molecular complexity index is 1980. The summed E-state index contributed by atoms with van der Waals surface area (Å²) in [6, 6.07) is -1.31. The number of primary amides is 2. The van der Waals surface area contributed by atoms with Crippen LogP contribution >= 0.6 is 0 Å². The third-order valence-electron chi connectivity index (χ3n) is 11.5. The number of nitrogens with zero attached hydrogens (tertiary/aromatic N) is 1. The molecule has 7 amide bonds. The van der Waals surface area contributed by atoms with Crippen LogP contribution in [-0.2, 0) is 44.8 Å². The minimum atomic E-state index is -1.68. The van der Waals surface area contributed by atoms with Gasteiger partial charge < -0.3 is 72.7 Å². The number of ether oxygens (including phenoxy) is 2. The minimum absolute atomic E-state index is 0.0275. The van der Waals surface area contributed by atoms with Crippen LogP contribution in [0.15, 0.2) is 18.2 Å². The number of hydroxylamine groups is 1. The Balaban J connectivity index is 1.64. The highest BCUT2D eigenvalue weighted by Gasteiger charge is 2.44. The van der Waals surface area contributed by atoms with Crippen LogP contribution in [0.5, 0.6) is 11.6 Å². The third kappa shape index (κ3) is 14.5. The van der Waals surface area contributed by atoms with Crippen molar-refractivity contribution in [2.24, 2.45) is 29.2 Å². The van der Waals surface area contributed by atoms with Gasteiger partial charge in [0.05, 0.1) is 50.5 Å². The maximum Gasteiger partial charge on any atom is 0.246 e. The highest BCUT2D eigenvalue weighted by molar-refractivity contribution is 5.97. The van der Waals surface area contributed by atoms with Crippen molar-refractivity contribution in [1.29, 1.82) is 0 Å². The van der Waals surface area contributed by atoms with Crippen LogP contribution in [0.3, 0.4) is 0 Å². The first-order valence-electron chi connectivity index (χ1n) is 21.9.